The Bertz CT molecular complexity index is 468. The second-order valence-corrected chi connectivity index (χ2v) is 6.44. The van der Waals surface area contributed by atoms with Crippen molar-refractivity contribution in [3.63, 3.8) is 0 Å². The summed E-state index contributed by atoms with van der Waals surface area (Å²) in [5.74, 6) is 0.795. The van der Waals surface area contributed by atoms with Crippen molar-refractivity contribution >= 4 is 25.8 Å². The second-order valence-electron chi connectivity index (χ2n) is 3.41. The van der Waals surface area contributed by atoms with Gasteiger partial charge >= 0.3 is 0 Å². The van der Waals surface area contributed by atoms with Gasteiger partial charge in [-0.1, -0.05) is 0 Å². The number of aromatic nitrogens is 2. The van der Waals surface area contributed by atoms with Crippen LogP contribution in [-0.4, -0.2) is 31.1 Å². The number of ether oxygens (including phenoxy) is 1. The van der Waals surface area contributed by atoms with E-state index in [2.05, 4.69) is 21.0 Å². The van der Waals surface area contributed by atoms with Gasteiger partial charge in [0.05, 0.1) is 19.1 Å². The SMILES string of the molecule is COc1cnn(C2CCCS2(=O)=O)c1Br. The Morgan fingerprint density at radius 1 is 1.67 bits per heavy atom. The topological polar surface area (TPSA) is 61.2 Å². The van der Waals surface area contributed by atoms with E-state index >= 15 is 0 Å². The van der Waals surface area contributed by atoms with Crippen molar-refractivity contribution in [2.45, 2.75) is 18.2 Å². The molecule has 1 saturated heterocycles. The molecule has 0 bridgehead atoms. The largest absolute Gasteiger partial charge is 0.492 e. The molecule has 5 nitrogen and oxygen atoms in total. The van der Waals surface area contributed by atoms with E-state index in [4.69, 9.17) is 4.74 Å². The van der Waals surface area contributed by atoms with Gasteiger partial charge in [-0.15, -0.1) is 0 Å². The Morgan fingerprint density at radius 3 is 2.87 bits per heavy atom. The smallest absolute Gasteiger partial charge is 0.173 e. The zero-order valence-electron chi connectivity index (χ0n) is 8.18. The Balaban J connectivity index is 2.42. The molecule has 84 valence electrons. The summed E-state index contributed by atoms with van der Waals surface area (Å²) >= 11 is 3.28. The average molecular weight is 295 g/mol. The first-order valence-electron chi connectivity index (χ1n) is 4.55. The van der Waals surface area contributed by atoms with Gasteiger partial charge in [-0.2, -0.15) is 5.10 Å². The molecule has 1 aliphatic heterocycles. The van der Waals surface area contributed by atoms with Crippen molar-refractivity contribution < 1.29 is 13.2 Å². The van der Waals surface area contributed by atoms with Gasteiger partial charge in [-0.3, -0.25) is 0 Å². The summed E-state index contributed by atoms with van der Waals surface area (Å²) in [5.41, 5.74) is 0. The lowest BCUT2D eigenvalue weighted by Gasteiger charge is -2.11. The van der Waals surface area contributed by atoms with E-state index in [-0.39, 0.29) is 5.75 Å². The van der Waals surface area contributed by atoms with Crippen molar-refractivity contribution in [1.29, 1.82) is 0 Å². The highest BCUT2D eigenvalue weighted by atomic mass is 79.9. The molecule has 1 atom stereocenters. The first-order valence-corrected chi connectivity index (χ1v) is 7.05. The van der Waals surface area contributed by atoms with Gasteiger partial charge in [0.2, 0.25) is 0 Å². The molecule has 0 N–H and O–H groups in total. The number of hydrogen-bond donors (Lipinski definition) is 0. The minimum Gasteiger partial charge on any atom is -0.492 e. The lowest BCUT2D eigenvalue weighted by molar-refractivity contribution is 0.409. The highest BCUT2D eigenvalue weighted by molar-refractivity contribution is 9.10. The molecule has 1 fully saturated rings. The molecule has 15 heavy (non-hydrogen) atoms. The van der Waals surface area contributed by atoms with Crippen LogP contribution >= 0.6 is 15.9 Å². The fourth-order valence-corrected chi connectivity index (χ4v) is 4.29. The van der Waals surface area contributed by atoms with Crippen LogP contribution in [-0.2, 0) is 9.84 Å². The predicted molar refractivity (Wildman–Crippen MR) is 58.5 cm³/mol. The number of halogens is 1. The molecule has 0 saturated carbocycles. The van der Waals surface area contributed by atoms with Crippen LogP contribution in [0.15, 0.2) is 10.8 Å². The van der Waals surface area contributed by atoms with E-state index in [0.29, 0.717) is 23.2 Å². The molecule has 1 aromatic heterocycles. The number of rotatable bonds is 2. The van der Waals surface area contributed by atoms with E-state index in [0.717, 1.165) is 0 Å². The quantitative estimate of drug-likeness (QED) is 0.826. The molecule has 7 heteroatoms. The normalized spacial score (nSPS) is 24.3. The van der Waals surface area contributed by atoms with E-state index in [1.165, 1.54) is 18.0 Å². The number of methoxy groups -OCH3 is 1. The van der Waals surface area contributed by atoms with Crippen LogP contribution in [0.5, 0.6) is 5.75 Å². The van der Waals surface area contributed by atoms with Crippen LogP contribution in [0.3, 0.4) is 0 Å². The molecule has 0 aromatic carbocycles. The third-order valence-corrected chi connectivity index (χ3v) is 5.37. The Morgan fingerprint density at radius 2 is 2.40 bits per heavy atom. The molecular formula is C8H11BrN2O3S. The van der Waals surface area contributed by atoms with Gasteiger partial charge in [-0.25, -0.2) is 13.1 Å². The van der Waals surface area contributed by atoms with Crippen LogP contribution < -0.4 is 4.74 Å². The summed E-state index contributed by atoms with van der Waals surface area (Å²) < 4.78 is 30.5. The Kier molecular flexibility index (Phi) is 2.76. The molecule has 1 aliphatic rings. The number of nitrogens with zero attached hydrogens (tertiary/aromatic N) is 2. The maximum Gasteiger partial charge on any atom is 0.173 e. The van der Waals surface area contributed by atoms with Crippen molar-refractivity contribution in [3.05, 3.63) is 10.8 Å². The molecule has 1 unspecified atom stereocenters. The molecule has 1 aromatic rings. The maximum atomic E-state index is 11.7. The van der Waals surface area contributed by atoms with Gasteiger partial charge < -0.3 is 4.74 Å². The zero-order valence-corrected chi connectivity index (χ0v) is 10.6. The highest BCUT2D eigenvalue weighted by Crippen LogP contribution is 2.35. The minimum absolute atomic E-state index is 0.242. The van der Waals surface area contributed by atoms with Gasteiger partial charge in [0.1, 0.15) is 4.60 Å². The summed E-state index contributed by atoms with van der Waals surface area (Å²) in [5, 5.41) is 3.48. The second kappa shape index (κ2) is 3.79. The lowest BCUT2D eigenvalue weighted by atomic mass is 10.3. The van der Waals surface area contributed by atoms with E-state index in [9.17, 15) is 8.42 Å². The standard InChI is InChI=1S/C8H11BrN2O3S/c1-14-6-5-10-11(8(6)9)7-3-2-4-15(7,12)13/h5,7H,2-4H2,1H3. The van der Waals surface area contributed by atoms with E-state index < -0.39 is 15.2 Å². The fourth-order valence-electron chi connectivity index (χ4n) is 1.72. The van der Waals surface area contributed by atoms with Crippen LogP contribution in [0.2, 0.25) is 0 Å². The van der Waals surface area contributed by atoms with Crippen molar-refractivity contribution in [3.8, 4) is 5.75 Å². The van der Waals surface area contributed by atoms with Gasteiger partial charge in [0, 0.05) is 0 Å². The molecule has 2 heterocycles. The predicted octanol–water partition coefficient (Wildman–Crippen LogP) is 1.36. The van der Waals surface area contributed by atoms with Crippen molar-refractivity contribution in [2.75, 3.05) is 12.9 Å². The van der Waals surface area contributed by atoms with E-state index in [1.54, 1.807) is 0 Å². The number of sulfone groups is 1. The zero-order chi connectivity index (χ0) is 11.1. The third-order valence-electron chi connectivity index (χ3n) is 2.49. The highest BCUT2D eigenvalue weighted by Gasteiger charge is 2.35. The van der Waals surface area contributed by atoms with Crippen molar-refractivity contribution in [2.24, 2.45) is 0 Å². The lowest BCUT2D eigenvalue weighted by Crippen LogP contribution is -2.16. The minimum atomic E-state index is -3.04. The molecule has 0 radical (unpaired) electrons. The average Bonchev–Trinajstić information content (AvgIpc) is 2.69. The van der Waals surface area contributed by atoms with Gasteiger partial charge in [0.15, 0.2) is 21.0 Å². The summed E-state index contributed by atoms with van der Waals surface area (Å²) in [6.45, 7) is 0. The summed E-state index contributed by atoms with van der Waals surface area (Å²) in [6, 6.07) is 0. The Labute approximate surface area is 96.5 Å². The first-order chi connectivity index (χ1) is 7.06. The van der Waals surface area contributed by atoms with Gasteiger partial charge in [0.25, 0.3) is 0 Å². The molecule has 0 amide bonds. The number of hydrogen-bond acceptors (Lipinski definition) is 4. The molecule has 2 rings (SSSR count). The van der Waals surface area contributed by atoms with Gasteiger partial charge in [-0.05, 0) is 28.8 Å². The summed E-state index contributed by atoms with van der Waals surface area (Å²) in [6.07, 6.45) is 2.82. The van der Waals surface area contributed by atoms with Crippen LogP contribution in [0.4, 0.5) is 0 Å². The van der Waals surface area contributed by atoms with Crippen molar-refractivity contribution in [1.82, 2.24) is 9.78 Å². The summed E-state index contributed by atoms with van der Waals surface area (Å²) in [4.78, 5) is 0. The van der Waals surface area contributed by atoms with Crippen LogP contribution in [0.25, 0.3) is 0 Å². The molecule has 0 spiro atoms. The molecular weight excluding hydrogens is 284 g/mol. The Hall–Kier alpha value is -0.560. The molecule has 0 aliphatic carbocycles. The maximum absolute atomic E-state index is 11.7. The third kappa shape index (κ3) is 1.78. The first kappa shape index (κ1) is 10.9. The monoisotopic (exact) mass is 294 g/mol. The van der Waals surface area contributed by atoms with Crippen LogP contribution in [0, 0.1) is 0 Å². The van der Waals surface area contributed by atoms with E-state index in [1.807, 2.05) is 0 Å². The van der Waals surface area contributed by atoms with Crippen LogP contribution in [0.1, 0.15) is 18.2 Å². The fraction of sp³-hybridized carbons (Fsp3) is 0.625. The summed E-state index contributed by atoms with van der Waals surface area (Å²) in [7, 11) is -1.52.